The summed E-state index contributed by atoms with van der Waals surface area (Å²) in [5.41, 5.74) is 5.08. The quantitative estimate of drug-likeness (QED) is 0.377. The predicted molar refractivity (Wildman–Crippen MR) is 95.6 cm³/mol. The summed E-state index contributed by atoms with van der Waals surface area (Å²) < 4.78 is 5.23. The third kappa shape index (κ3) is 5.06. The number of aryl methyl sites for hydroxylation is 2. The topological polar surface area (TPSA) is 76.5 Å². The molecule has 0 saturated heterocycles. The Bertz CT molecular complexity index is 729. The Morgan fingerprint density at radius 2 is 1.96 bits per heavy atom. The van der Waals surface area contributed by atoms with Crippen LogP contribution < -0.4 is 10.2 Å². The number of para-hydroxylation sites is 1. The summed E-state index contributed by atoms with van der Waals surface area (Å²) in [6, 6.07) is 9.33. The fourth-order valence-electron chi connectivity index (χ4n) is 1.99. The van der Waals surface area contributed by atoms with Gasteiger partial charge in [0.15, 0.2) is 5.16 Å². The largest absolute Gasteiger partial charge is 0.496 e. The molecule has 1 atom stereocenters. The number of thioether (sulfide) groups is 1. The standard InChI is InChI=1S/C17H20N4O2S/c1-11-9-12(2)20-17(19-11)24-13(3)16(22)21-18-10-14-7-5-6-8-15(14)23-4/h5-10,13H,1-4H3,(H,21,22)/b18-10+. The van der Waals surface area contributed by atoms with Gasteiger partial charge in [-0.15, -0.1) is 0 Å². The average molecular weight is 344 g/mol. The normalized spacial score (nSPS) is 12.2. The number of benzene rings is 1. The molecule has 0 saturated carbocycles. The number of carbonyl (C=O) groups is 1. The highest BCUT2D eigenvalue weighted by atomic mass is 32.2. The molecule has 126 valence electrons. The van der Waals surface area contributed by atoms with Crippen molar-refractivity contribution in [2.75, 3.05) is 7.11 Å². The second-order valence-corrected chi connectivity index (χ2v) is 6.48. The van der Waals surface area contributed by atoms with Crippen LogP contribution in [0, 0.1) is 13.8 Å². The molecule has 1 aromatic carbocycles. The van der Waals surface area contributed by atoms with Crippen molar-refractivity contribution < 1.29 is 9.53 Å². The van der Waals surface area contributed by atoms with Crippen molar-refractivity contribution in [2.45, 2.75) is 31.2 Å². The Labute approximate surface area is 145 Å². The van der Waals surface area contributed by atoms with Crippen LogP contribution in [0.3, 0.4) is 0 Å². The Kier molecular flexibility index (Phi) is 6.31. The average Bonchev–Trinajstić information content (AvgIpc) is 2.54. The molecule has 0 spiro atoms. The van der Waals surface area contributed by atoms with Gasteiger partial charge in [0, 0.05) is 17.0 Å². The molecule has 2 rings (SSSR count). The molecule has 0 aliphatic carbocycles. The predicted octanol–water partition coefficient (Wildman–Crippen LogP) is 2.73. The molecule has 1 amide bonds. The molecule has 7 heteroatoms. The molecule has 1 unspecified atom stereocenters. The number of rotatable bonds is 6. The monoisotopic (exact) mass is 344 g/mol. The first kappa shape index (κ1) is 17.9. The second-order valence-electron chi connectivity index (χ2n) is 5.17. The van der Waals surface area contributed by atoms with Gasteiger partial charge in [-0.05, 0) is 39.0 Å². The highest BCUT2D eigenvalue weighted by Gasteiger charge is 2.15. The van der Waals surface area contributed by atoms with Crippen LogP contribution in [0.1, 0.15) is 23.9 Å². The van der Waals surface area contributed by atoms with Gasteiger partial charge in [-0.25, -0.2) is 15.4 Å². The molecule has 1 aromatic heterocycles. The molecular formula is C17H20N4O2S. The SMILES string of the molecule is COc1ccccc1/C=N/NC(=O)C(C)Sc1nc(C)cc(C)n1. The van der Waals surface area contributed by atoms with Gasteiger partial charge in [0.1, 0.15) is 5.75 Å². The van der Waals surface area contributed by atoms with Crippen molar-refractivity contribution in [3.63, 3.8) is 0 Å². The number of hydrogen-bond donors (Lipinski definition) is 1. The van der Waals surface area contributed by atoms with Crippen molar-refractivity contribution in [3.8, 4) is 5.75 Å². The number of ether oxygens (including phenoxy) is 1. The maximum absolute atomic E-state index is 12.1. The van der Waals surface area contributed by atoms with Gasteiger partial charge in [0.05, 0.1) is 18.6 Å². The van der Waals surface area contributed by atoms with Gasteiger partial charge in [-0.1, -0.05) is 23.9 Å². The molecule has 2 aromatic rings. The summed E-state index contributed by atoms with van der Waals surface area (Å²) in [6.45, 7) is 5.60. The number of carbonyl (C=O) groups excluding carboxylic acids is 1. The van der Waals surface area contributed by atoms with E-state index in [1.165, 1.54) is 11.8 Å². The van der Waals surface area contributed by atoms with Crippen molar-refractivity contribution in [2.24, 2.45) is 5.10 Å². The van der Waals surface area contributed by atoms with E-state index in [0.29, 0.717) is 10.9 Å². The van der Waals surface area contributed by atoms with Crippen molar-refractivity contribution >= 4 is 23.9 Å². The summed E-state index contributed by atoms with van der Waals surface area (Å²) >= 11 is 1.30. The summed E-state index contributed by atoms with van der Waals surface area (Å²) in [5, 5.41) is 4.22. The van der Waals surface area contributed by atoms with Crippen LogP contribution in [-0.2, 0) is 4.79 Å². The summed E-state index contributed by atoms with van der Waals surface area (Å²) in [6.07, 6.45) is 1.56. The molecule has 0 aliphatic heterocycles. The number of hydrazone groups is 1. The highest BCUT2D eigenvalue weighted by molar-refractivity contribution is 8.00. The minimum Gasteiger partial charge on any atom is -0.496 e. The van der Waals surface area contributed by atoms with E-state index >= 15 is 0 Å². The zero-order valence-electron chi connectivity index (χ0n) is 14.1. The number of nitrogens with zero attached hydrogens (tertiary/aromatic N) is 3. The minimum absolute atomic E-state index is 0.214. The molecule has 6 nitrogen and oxygen atoms in total. The molecule has 24 heavy (non-hydrogen) atoms. The zero-order valence-corrected chi connectivity index (χ0v) is 14.9. The number of amides is 1. The zero-order chi connectivity index (χ0) is 17.5. The molecule has 0 fully saturated rings. The smallest absolute Gasteiger partial charge is 0.253 e. The van der Waals surface area contributed by atoms with E-state index in [2.05, 4.69) is 20.5 Å². The van der Waals surface area contributed by atoms with Gasteiger partial charge < -0.3 is 4.74 Å². The summed E-state index contributed by atoms with van der Waals surface area (Å²) in [5.74, 6) is 0.482. The van der Waals surface area contributed by atoms with Crippen LogP contribution in [-0.4, -0.2) is 34.4 Å². The van der Waals surface area contributed by atoms with E-state index < -0.39 is 0 Å². The molecule has 1 heterocycles. The van der Waals surface area contributed by atoms with Crippen LogP contribution in [0.5, 0.6) is 5.75 Å². The summed E-state index contributed by atoms with van der Waals surface area (Å²) in [7, 11) is 1.59. The molecule has 0 bridgehead atoms. The van der Waals surface area contributed by atoms with Crippen molar-refractivity contribution in [3.05, 3.63) is 47.3 Å². The summed E-state index contributed by atoms with van der Waals surface area (Å²) in [4.78, 5) is 20.8. The Morgan fingerprint density at radius 3 is 2.62 bits per heavy atom. The van der Waals surface area contributed by atoms with Gasteiger partial charge in [0.25, 0.3) is 5.91 Å². The van der Waals surface area contributed by atoms with Gasteiger partial charge >= 0.3 is 0 Å². The lowest BCUT2D eigenvalue weighted by Gasteiger charge is -2.09. The Morgan fingerprint density at radius 1 is 1.29 bits per heavy atom. The first-order chi connectivity index (χ1) is 11.5. The van der Waals surface area contributed by atoms with Gasteiger partial charge in [-0.2, -0.15) is 5.10 Å². The van der Waals surface area contributed by atoms with Crippen LogP contribution in [0.2, 0.25) is 0 Å². The van der Waals surface area contributed by atoms with Crippen molar-refractivity contribution in [1.29, 1.82) is 0 Å². The minimum atomic E-state index is -0.360. The molecule has 1 N–H and O–H groups in total. The van der Waals surface area contributed by atoms with Crippen LogP contribution in [0.4, 0.5) is 0 Å². The number of aromatic nitrogens is 2. The van der Waals surface area contributed by atoms with E-state index in [1.54, 1.807) is 20.2 Å². The fourth-order valence-corrected chi connectivity index (χ4v) is 2.86. The number of nitrogens with one attached hydrogen (secondary N) is 1. The van der Waals surface area contributed by atoms with Crippen LogP contribution >= 0.6 is 11.8 Å². The first-order valence-electron chi connectivity index (χ1n) is 7.44. The molecule has 0 aliphatic rings. The van der Waals surface area contributed by atoms with E-state index in [4.69, 9.17) is 4.74 Å². The highest BCUT2D eigenvalue weighted by Crippen LogP contribution is 2.20. The lowest BCUT2D eigenvalue weighted by Crippen LogP contribution is -2.27. The fraction of sp³-hybridized carbons (Fsp3) is 0.294. The Hall–Kier alpha value is -2.41. The van der Waals surface area contributed by atoms with E-state index in [0.717, 1.165) is 17.0 Å². The number of methoxy groups -OCH3 is 1. The molecular weight excluding hydrogens is 324 g/mol. The van der Waals surface area contributed by atoms with Crippen LogP contribution in [0.15, 0.2) is 40.6 Å². The van der Waals surface area contributed by atoms with Crippen LogP contribution in [0.25, 0.3) is 0 Å². The lowest BCUT2D eigenvalue weighted by atomic mass is 10.2. The molecule has 0 radical (unpaired) electrons. The second kappa shape index (κ2) is 8.44. The third-order valence-corrected chi connectivity index (χ3v) is 4.09. The maximum atomic E-state index is 12.1. The lowest BCUT2D eigenvalue weighted by molar-refractivity contribution is -0.120. The van der Waals surface area contributed by atoms with Gasteiger partial charge in [0.2, 0.25) is 0 Å². The third-order valence-electron chi connectivity index (χ3n) is 3.13. The maximum Gasteiger partial charge on any atom is 0.253 e. The van der Waals surface area contributed by atoms with E-state index in [-0.39, 0.29) is 11.2 Å². The first-order valence-corrected chi connectivity index (χ1v) is 8.32. The van der Waals surface area contributed by atoms with Crippen molar-refractivity contribution in [1.82, 2.24) is 15.4 Å². The van der Waals surface area contributed by atoms with Gasteiger partial charge in [-0.3, -0.25) is 4.79 Å². The van der Waals surface area contributed by atoms with E-state index in [1.807, 2.05) is 44.2 Å². The Balaban J connectivity index is 1.95. The number of hydrogen-bond acceptors (Lipinski definition) is 6. The van der Waals surface area contributed by atoms with E-state index in [9.17, 15) is 4.79 Å².